The third-order valence-corrected chi connectivity index (χ3v) is 9.04. The van der Waals surface area contributed by atoms with E-state index in [1.165, 1.54) is 0 Å². The van der Waals surface area contributed by atoms with Crippen molar-refractivity contribution >= 4 is 11.8 Å². The fourth-order valence-electron chi connectivity index (χ4n) is 7.13. The van der Waals surface area contributed by atoms with Gasteiger partial charge in [-0.2, -0.15) is 0 Å². The second-order valence-corrected chi connectivity index (χ2v) is 11.0. The van der Waals surface area contributed by atoms with E-state index in [9.17, 15) is 24.9 Å². The van der Waals surface area contributed by atoms with E-state index in [1.54, 1.807) is 19.1 Å². The summed E-state index contributed by atoms with van der Waals surface area (Å²) in [5.74, 6) is -0.960. The Hall–Kier alpha value is -1.50. The van der Waals surface area contributed by atoms with E-state index in [0.29, 0.717) is 11.5 Å². The van der Waals surface area contributed by atoms with E-state index in [0.717, 1.165) is 19.3 Å². The highest BCUT2D eigenvalue weighted by molar-refractivity contribution is 5.95. The summed E-state index contributed by atoms with van der Waals surface area (Å²) in [6.45, 7) is 7.58. The topological polar surface area (TPSA) is 104 Å². The molecule has 5 aliphatic rings. The predicted octanol–water partition coefficient (Wildman–Crippen LogP) is 1.78. The lowest BCUT2D eigenvalue weighted by Gasteiger charge is -2.48. The number of ether oxygens (including phenoxy) is 1. The summed E-state index contributed by atoms with van der Waals surface area (Å²) in [5, 5.41) is 33.6. The van der Waals surface area contributed by atoms with E-state index in [1.807, 2.05) is 6.92 Å². The number of fused-ring (bicyclic) bond motifs is 3. The van der Waals surface area contributed by atoms with Crippen molar-refractivity contribution < 1.29 is 29.6 Å². The van der Waals surface area contributed by atoms with Crippen LogP contribution in [0.3, 0.4) is 0 Å². The monoisotopic (exact) mass is 416 g/mol. The molecule has 0 heterocycles. The van der Waals surface area contributed by atoms with Crippen LogP contribution in [0.5, 0.6) is 0 Å². The maximum atomic E-state index is 14.1. The molecule has 30 heavy (non-hydrogen) atoms. The van der Waals surface area contributed by atoms with Gasteiger partial charge in [-0.05, 0) is 60.5 Å². The van der Waals surface area contributed by atoms with Crippen molar-refractivity contribution in [3.05, 3.63) is 23.3 Å². The number of rotatable bonds is 3. The van der Waals surface area contributed by atoms with E-state index in [4.69, 9.17) is 4.74 Å². The number of esters is 1. The van der Waals surface area contributed by atoms with Crippen LogP contribution in [-0.4, -0.2) is 51.5 Å². The first-order valence-corrected chi connectivity index (χ1v) is 11.2. The molecule has 0 amide bonds. The Morgan fingerprint density at radius 1 is 1.30 bits per heavy atom. The number of ketones is 1. The molecule has 1 unspecified atom stereocenters. The van der Waals surface area contributed by atoms with Gasteiger partial charge in [0.1, 0.15) is 6.10 Å². The first-order valence-electron chi connectivity index (χ1n) is 11.2. The third-order valence-electron chi connectivity index (χ3n) is 9.04. The Balaban J connectivity index is 1.68. The van der Waals surface area contributed by atoms with Crippen molar-refractivity contribution in [2.45, 2.75) is 64.8 Å². The smallest absolute Gasteiger partial charge is 0.309 e. The zero-order valence-electron chi connectivity index (χ0n) is 18.1. The molecule has 3 saturated carbocycles. The minimum Gasteiger partial charge on any atom is -0.454 e. The van der Waals surface area contributed by atoms with Gasteiger partial charge in [-0.3, -0.25) is 9.59 Å². The summed E-state index contributed by atoms with van der Waals surface area (Å²) >= 11 is 0. The molecule has 0 aromatic heterocycles. The van der Waals surface area contributed by atoms with Gasteiger partial charge in [-0.1, -0.05) is 32.9 Å². The van der Waals surface area contributed by atoms with Crippen LogP contribution in [-0.2, 0) is 14.3 Å². The molecular formula is C24H32O6. The molecule has 0 saturated heterocycles. The average Bonchev–Trinajstić information content (AvgIpc) is 3.59. The summed E-state index contributed by atoms with van der Waals surface area (Å²) in [7, 11) is 0. The lowest BCUT2D eigenvalue weighted by atomic mass is 9.59. The van der Waals surface area contributed by atoms with Crippen LogP contribution in [0.2, 0.25) is 0 Å². The Bertz CT molecular complexity index is 882. The summed E-state index contributed by atoms with van der Waals surface area (Å²) in [5.41, 5.74) is -2.55. The highest BCUT2D eigenvalue weighted by Crippen LogP contribution is 2.71. The van der Waals surface area contributed by atoms with Gasteiger partial charge < -0.3 is 20.1 Å². The molecule has 1 spiro atoms. The third kappa shape index (κ3) is 2.25. The van der Waals surface area contributed by atoms with Crippen LogP contribution < -0.4 is 0 Å². The van der Waals surface area contributed by atoms with Gasteiger partial charge in [0, 0.05) is 5.92 Å². The minimum atomic E-state index is -2.03. The van der Waals surface area contributed by atoms with E-state index in [-0.39, 0.29) is 34.5 Å². The van der Waals surface area contributed by atoms with Gasteiger partial charge in [-0.15, -0.1) is 0 Å². The molecule has 5 aliphatic carbocycles. The first-order chi connectivity index (χ1) is 14.0. The quantitative estimate of drug-likeness (QED) is 0.479. The molecule has 5 rings (SSSR count). The number of carbonyl (C=O) groups excluding carboxylic acids is 2. The maximum Gasteiger partial charge on any atom is 0.309 e. The zero-order valence-corrected chi connectivity index (χ0v) is 18.1. The largest absolute Gasteiger partial charge is 0.454 e. The number of carbonyl (C=O) groups is 2. The van der Waals surface area contributed by atoms with Crippen LogP contribution in [0.1, 0.15) is 47.0 Å². The number of Topliss-reactive ketones (excluding diaryl/α,β-unsaturated/α-hetero) is 1. The SMILES string of the molecule is CC1=C[C@]23C(=O)C(C=C(CO)[C@@H](O)[C@]2(O)[C@H]1OC(=O)C1CC1)[C@H]1[C@@H](C[C@H]3C)C1(C)C. The molecule has 6 heteroatoms. The molecule has 0 radical (unpaired) electrons. The second-order valence-electron chi connectivity index (χ2n) is 11.0. The van der Waals surface area contributed by atoms with Crippen molar-refractivity contribution in [2.75, 3.05) is 6.61 Å². The van der Waals surface area contributed by atoms with Gasteiger partial charge in [0.05, 0.1) is 17.9 Å². The maximum absolute atomic E-state index is 14.1. The van der Waals surface area contributed by atoms with E-state index >= 15 is 0 Å². The fourth-order valence-corrected chi connectivity index (χ4v) is 7.13. The number of allylic oxidation sites excluding steroid dienone is 1. The van der Waals surface area contributed by atoms with E-state index < -0.39 is 41.7 Å². The second kappa shape index (κ2) is 6.05. The van der Waals surface area contributed by atoms with Gasteiger partial charge in [0.25, 0.3) is 0 Å². The molecule has 3 N–H and O–H groups in total. The molecule has 0 aromatic carbocycles. The number of aliphatic hydroxyl groups excluding tert-OH is 2. The van der Waals surface area contributed by atoms with Crippen molar-refractivity contribution in [3.63, 3.8) is 0 Å². The lowest BCUT2D eigenvalue weighted by molar-refractivity contribution is -0.204. The van der Waals surface area contributed by atoms with Crippen LogP contribution in [0.4, 0.5) is 0 Å². The summed E-state index contributed by atoms with van der Waals surface area (Å²) in [6, 6.07) is 0. The fraction of sp³-hybridized carbons (Fsp3) is 0.750. The predicted molar refractivity (Wildman–Crippen MR) is 108 cm³/mol. The van der Waals surface area contributed by atoms with Gasteiger partial charge >= 0.3 is 5.97 Å². The zero-order chi connectivity index (χ0) is 21.8. The summed E-state index contributed by atoms with van der Waals surface area (Å²) in [6.07, 6.45) is 3.14. The lowest BCUT2D eigenvalue weighted by Crippen LogP contribution is -2.65. The summed E-state index contributed by atoms with van der Waals surface area (Å²) < 4.78 is 5.76. The molecule has 6 nitrogen and oxygen atoms in total. The molecule has 2 bridgehead atoms. The molecular weight excluding hydrogens is 384 g/mol. The highest BCUT2D eigenvalue weighted by atomic mass is 16.6. The summed E-state index contributed by atoms with van der Waals surface area (Å²) in [4.78, 5) is 26.7. The minimum absolute atomic E-state index is 0.00409. The highest BCUT2D eigenvalue weighted by Gasteiger charge is 2.76. The number of aliphatic hydroxyl groups is 3. The average molecular weight is 417 g/mol. The van der Waals surface area contributed by atoms with Crippen LogP contribution in [0, 0.1) is 40.4 Å². The van der Waals surface area contributed by atoms with Gasteiger partial charge in [0.15, 0.2) is 17.5 Å². The van der Waals surface area contributed by atoms with Crippen LogP contribution >= 0.6 is 0 Å². The molecule has 0 aliphatic heterocycles. The van der Waals surface area contributed by atoms with Crippen molar-refractivity contribution in [1.82, 2.24) is 0 Å². The van der Waals surface area contributed by atoms with Crippen LogP contribution in [0.25, 0.3) is 0 Å². The van der Waals surface area contributed by atoms with Crippen molar-refractivity contribution in [2.24, 2.45) is 40.4 Å². The number of hydrogen-bond acceptors (Lipinski definition) is 6. The Morgan fingerprint density at radius 3 is 2.57 bits per heavy atom. The molecule has 8 atom stereocenters. The molecule has 0 aromatic rings. The van der Waals surface area contributed by atoms with Crippen LogP contribution in [0.15, 0.2) is 23.3 Å². The number of hydrogen-bond donors (Lipinski definition) is 3. The van der Waals surface area contributed by atoms with E-state index in [2.05, 4.69) is 13.8 Å². The Morgan fingerprint density at radius 2 is 1.97 bits per heavy atom. The molecule has 3 fully saturated rings. The van der Waals surface area contributed by atoms with Crippen molar-refractivity contribution in [1.29, 1.82) is 0 Å². The first kappa shape index (κ1) is 20.4. The van der Waals surface area contributed by atoms with Gasteiger partial charge in [-0.25, -0.2) is 0 Å². The van der Waals surface area contributed by atoms with Crippen molar-refractivity contribution in [3.8, 4) is 0 Å². The normalized spacial score (nSPS) is 48.6. The Kier molecular flexibility index (Phi) is 4.11. The van der Waals surface area contributed by atoms with Gasteiger partial charge in [0.2, 0.25) is 0 Å². The Labute approximate surface area is 177 Å². The molecule has 164 valence electrons. The standard InChI is InChI=1S/C24H32O6/c1-11-9-23-12(2)7-16-17(22(16,3)4)15(19(23)27)8-14(10-25)18(26)24(23,29)20(11)30-21(28)13-5-6-13/h8-9,12-13,15-18,20,25-26,29H,5-7,10H2,1-4H3/t12-,15?,16-,17+,18-,20+,23+,24+/m1/s1.